The lowest BCUT2D eigenvalue weighted by Crippen LogP contribution is -2.18. The van der Waals surface area contributed by atoms with E-state index in [2.05, 4.69) is 5.10 Å². The first-order valence-electron chi connectivity index (χ1n) is 5.94. The Morgan fingerprint density at radius 1 is 1.32 bits per heavy atom. The maximum Gasteiger partial charge on any atom is 0.158 e. The highest BCUT2D eigenvalue weighted by Gasteiger charge is 2.24. The molecule has 0 amide bonds. The van der Waals surface area contributed by atoms with Gasteiger partial charge in [0, 0.05) is 17.4 Å². The smallest absolute Gasteiger partial charge is 0.158 e. The average molecular weight is 299 g/mol. The van der Waals surface area contributed by atoms with Crippen molar-refractivity contribution in [3.63, 3.8) is 0 Å². The van der Waals surface area contributed by atoms with Gasteiger partial charge in [0.15, 0.2) is 9.84 Å². The van der Waals surface area contributed by atoms with Crippen LogP contribution < -0.4 is 0 Å². The zero-order valence-corrected chi connectivity index (χ0v) is 12.1. The number of halogens is 1. The van der Waals surface area contributed by atoms with Crippen molar-refractivity contribution in [2.75, 3.05) is 5.75 Å². The van der Waals surface area contributed by atoms with Crippen LogP contribution in [-0.4, -0.2) is 24.0 Å². The summed E-state index contributed by atoms with van der Waals surface area (Å²) >= 11 is 6.04. The Morgan fingerprint density at radius 2 is 2.05 bits per heavy atom. The van der Waals surface area contributed by atoms with Gasteiger partial charge in [-0.15, -0.1) is 0 Å². The van der Waals surface area contributed by atoms with Gasteiger partial charge < -0.3 is 0 Å². The van der Waals surface area contributed by atoms with Crippen molar-refractivity contribution in [2.45, 2.75) is 18.7 Å². The summed E-state index contributed by atoms with van der Waals surface area (Å²) in [4.78, 5) is 0. The maximum absolute atomic E-state index is 12.3. The van der Waals surface area contributed by atoms with Gasteiger partial charge in [-0.25, -0.2) is 8.42 Å². The lowest BCUT2D eigenvalue weighted by Gasteiger charge is -2.14. The molecule has 4 nitrogen and oxygen atoms in total. The molecule has 0 spiro atoms. The summed E-state index contributed by atoms with van der Waals surface area (Å²) in [5, 5.41) is 3.86. The van der Waals surface area contributed by atoms with E-state index < -0.39 is 15.1 Å². The highest BCUT2D eigenvalue weighted by Crippen LogP contribution is 2.28. The quantitative estimate of drug-likeness (QED) is 0.853. The molecular weight excluding hydrogens is 284 g/mol. The molecule has 102 valence electrons. The second-order valence-electron chi connectivity index (χ2n) is 4.30. The van der Waals surface area contributed by atoms with E-state index in [0.717, 1.165) is 0 Å². The van der Waals surface area contributed by atoms with E-state index in [1.807, 2.05) is 0 Å². The second kappa shape index (κ2) is 5.75. The fraction of sp³-hybridized carbons (Fsp3) is 0.308. The predicted molar refractivity (Wildman–Crippen MR) is 75.9 cm³/mol. The van der Waals surface area contributed by atoms with Gasteiger partial charge in [-0.2, -0.15) is 5.10 Å². The molecule has 2 aromatic rings. The van der Waals surface area contributed by atoms with Gasteiger partial charge in [-0.1, -0.05) is 29.8 Å². The topological polar surface area (TPSA) is 52.0 Å². The molecule has 0 aliphatic heterocycles. The van der Waals surface area contributed by atoms with Crippen molar-refractivity contribution in [3.05, 3.63) is 53.3 Å². The molecule has 0 unspecified atom stereocenters. The molecular formula is C13H15ClN2O2S. The third-order valence-electron chi connectivity index (χ3n) is 3.05. The minimum atomic E-state index is -3.26. The highest BCUT2D eigenvalue weighted by molar-refractivity contribution is 7.91. The summed E-state index contributed by atoms with van der Waals surface area (Å²) < 4.78 is 26.2. The zero-order valence-electron chi connectivity index (χ0n) is 10.5. The number of aryl methyl sites for hydroxylation is 1. The van der Waals surface area contributed by atoms with Gasteiger partial charge in [-0.3, -0.25) is 4.68 Å². The van der Waals surface area contributed by atoms with Crippen LogP contribution in [0, 0.1) is 0 Å². The predicted octanol–water partition coefficient (Wildman–Crippen LogP) is 2.71. The third kappa shape index (κ3) is 3.36. The average Bonchev–Trinajstić information content (AvgIpc) is 2.89. The number of sulfone groups is 1. The van der Waals surface area contributed by atoms with Crippen LogP contribution in [0.5, 0.6) is 0 Å². The normalized spacial score (nSPS) is 13.4. The van der Waals surface area contributed by atoms with E-state index in [1.54, 1.807) is 54.3 Å². The van der Waals surface area contributed by atoms with Crippen molar-refractivity contribution in [1.29, 1.82) is 0 Å². The Bertz CT molecular complexity index is 638. The van der Waals surface area contributed by atoms with Crippen LogP contribution in [0.15, 0.2) is 42.7 Å². The van der Waals surface area contributed by atoms with E-state index in [0.29, 0.717) is 17.1 Å². The Labute approximate surface area is 117 Å². The fourth-order valence-corrected chi connectivity index (χ4v) is 3.58. The SMILES string of the molecule is C[C@@H](c1ccccc1Cl)S(=O)(=O)CCn1cccn1. The van der Waals surface area contributed by atoms with Crippen LogP contribution in [0.1, 0.15) is 17.7 Å². The Hall–Kier alpha value is -1.33. The van der Waals surface area contributed by atoms with E-state index in [1.165, 1.54) is 0 Å². The first kappa shape index (κ1) is 14.1. The summed E-state index contributed by atoms with van der Waals surface area (Å²) in [6, 6.07) is 8.80. The highest BCUT2D eigenvalue weighted by atomic mass is 35.5. The molecule has 0 saturated carbocycles. The van der Waals surface area contributed by atoms with Crippen LogP contribution in [0.3, 0.4) is 0 Å². The lowest BCUT2D eigenvalue weighted by molar-refractivity contribution is 0.571. The number of rotatable bonds is 5. The Morgan fingerprint density at radius 3 is 2.68 bits per heavy atom. The summed E-state index contributed by atoms with van der Waals surface area (Å²) in [5.74, 6) is 0.0427. The monoisotopic (exact) mass is 298 g/mol. The Kier molecular flexibility index (Phi) is 4.27. The molecule has 2 rings (SSSR count). The number of hydrogen-bond acceptors (Lipinski definition) is 3. The first-order chi connectivity index (χ1) is 9.00. The largest absolute Gasteiger partial charge is 0.272 e. The molecule has 6 heteroatoms. The molecule has 1 aromatic carbocycles. The molecule has 0 fully saturated rings. The first-order valence-corrected chi connectivity index (χ1v) is 8.03. The molecule has 0 radical (unpaired) electrons. The van der Waals surface area contributed by atoms with Gasteiger partial charge in [0.05, 0.1) is 17.5 Å². The molecule has 0 aliphatic rings. The number of benzene rings is 1. The van der Waals surface area contributed by atoms with Crippen molar-refractivity contribution < 1.29 is 8.42 Å². The van der Waals surface area contributed by atoms with Crippen molar-refractivity contribution >= 4 is 21.4 Å². The summed E-state index contributed by atoms with van der Waals surface area (Å²) in [5.41, 5.74) is 0.643. The number of aromatic nitrogens is 2. The number of nitrogens with zero attached hydrogens (tertiary/aromatic N) is 2. The van der Waals surface area contributed by atoms with Crippen molar-refractivity contribution in [2.24, 2.45) is 0 Å². The molecule has 1 aromatic heterocycles. The summed E-state index contributed by atoms with van der Waals surface area (Å²) in [6.45, 7) is 2.02. The van der Waals surface area contributed by atoms with E-state index in [-0.39, 0.29) is 5.75 Å². The van der Waals surface area contributed by atoms with E-state index in [4.69, 9.17) is 11.6 Å². The van der Waals surface area contributed by atoms with Crippen LogP contribution in [-0.2, 0) is 16.4 Å². The van der Waals surface area contributed by atoms with Crippen molar-refractivity contribution in [1.82, 2.24) is 9.78 Å². The van der Waals surface area contributed by atoms with E-state index >= 15 is 0 Å². The minimum Gasteiger partial charge on any atom is -0.272 e. The van der Waals surface area contributed by atoms with Gasteiger partial charge in [-0.05, 0) is 24.6 Å². The molecule has 1 atom stereocenters. The fourth-order valence-electron chi connectivity index (χ4n) is 1.83. The summed E-state index contributed by atoms with van der Waals surface area (Å²) in [6.07, 6.45) is 3.37. The van der Waals surface area contributed by atoms with Gasteiger partial charge in [0.25, 0.3) is 0 Å². The molecule has 0 N–H and O–H groups in total. The molecule has 0 bridgehead atoms. The van der Waals surface area contributed by atoms with E-state index in [9.17, 15) is 8.42 Å². The standard InChI is InChI=1S/C13H15ClN2O2S/c1-11(12-5-2-3-6-13(12)14)19(17,18)10-9-16-8-4-7-15-16/h2-8,11H,9-10H2,1H3/t11-/m0/s1. The van der Waals surface area contributed by atoms with Crippen molar-refractivity contribution in [3.8, 4) is 0 Å². The molecule has 0 aliphatic carbocycles. The Balaban J connectivity index is 2.13. The van der Waals surface area contributed by atoms with Gasteiger partial charge in [0.2, 0.25) is 0 Å². The zero-order chi connectivity index (χ0) is 13.9. The van der Waals surface area contributed by atoms with Gasteiger partial charge in [0.1, 0.15) is 0 Å². The van der Waals surface area contributed by atoms with Crippen LogP contribution >= 0.6 is 11.6 Å². The third-order valence-corrected chi connectivity index (χ3v) is 5.47. The maximum atomic E-state index is 12.3. The van der Waals surface area contributed by atoms with Crippen LogP contribution in [0.4, 0.5) is 0 Å². The van der Waals surface area contributed by atoms with Crippen LogP contribution in [0.25, 0.3) is 0 Å². The molecule has 1 heterocycles. The molecule has 0 saturated heterocycles. The second-order valence-corrected chi connectivity index (χ2v) is 7.15. The minimum absolute atomic E-state index is 0.0427. The summed E-state index contributed by atoms with van der Waals surface area (Å²) in [7, 11) is -3.26. The molecule has 19 heavy (non-hydrogen) atoms. The van der Waals surface area contributed by atoms with Gasteiger partial charge >= 0.3 is 0 Å². The van der Waals surface area contributed by atoms with Crippen LogP contribution in [0.2, 0.25) is 5.02 Å². The lowest BCUT2D eigenvalue weighted by atomic mass is 10.2. The number of hydrogen-bond donors (Lipinski definition) is 0.